The molecule has 1 aromatic carbocycles. The van der Waals surface area contributed by atoms with Gasteiger partial charge in [0, 0.05) is 15.6 Å². The zero-order chi connectivity index (χ0) is 15.7. The van der Waals surface area contributed by atoms with Crippen LogP contribution < -0.4 is 10.6 Å². The second-order valence-electron chi connectivity index (χ2n) is 5.05. The molecule has 1 aliphatic rings. The van der Waals surface area contributed by atoms with E-state index in [2.05, 4.69) is 16.7 Å². The van der Waals surface area contributed by atoms with Crippen LogP contribution in [0.25, 0.3) is 6.08 Å². The van der Waals surface area contributed by atoms with Crippen LogP contribution >= 0.6 is 34.7 Å². The second kappa shape index (κ2) is 6.36. The largest absolute Gasteiger partial charge is 0.356 e. The predicted molar refractivity (Wildman–Crippen MR) is 96.4 cm³/mol. The molecule has 114 valence electrons. The molecule has 0 radical (unpaired) electrons. The van der Waals surface area contributed by atoms with E-state index in [1.54, 1.807) is 11.3 Å². The first-order valence-electron chi connectivity index (χ1n) is 6.79. The minimum Gasteiger partial charge on any atom is -0.356 e. The average molecular weight is 351 g/mol. The summed E-state index contributed by atoms with van der Waals surface area (Å²) in [4.78, 5) is 13.9. The maximum atomic E-state index is 12.1. The fraction of sp³-hybridized carbons (Fsp3) is 0.188. The number of anilines is 1. The molecule has 3 nitrogen and oxygen atoms in total. The average Bonchev–Trinajstić information content (AvgIpc) is 3.02. The molecule has 1 unspecified atom stereocenters. The second-order valence-corrected chi connectivity index (χ2v) is 7.58. The molecule has 1 aliphatic heterocycles. The molecule has 22 heavy (non-hydrogen) atoms. The van der Waals surface area contributed by atoms with Gasteiger partial charge in [-0.15, -0.1) is 11.3 Å². The Labute approximate surface area is 142 Å². The van der Waals surface area contributed by atoms with Crippen LogP contribution in [0.5, 0.6) is 0 Å². The van der Waals surface area contributed by atoms with Gasteiger partial charge in [-0.25, -0.2) is 0 Å². The molecule has 1 atom stereocenters. The third-order valence-corrected chi connectivity index (χ3v) is 5.61. The first kappa shape index (κ1) is 15.5. The number of halogens is 1. The molecular formula is C16H15ClN2OS2. The van der Waals surface area contributed by atoms with Crippen LogP contribution in [0.15, 0.2) is 34.6 Å². The van der Waals surface area contributed by atoms with Crippen LogP contribution in [0.1, 0.15) is 16.0 Å². The number of amides is 1. The zero-order valence-corrected chi connectivity index (χ0v) is 14.5. The minimum absolute atomic E-state index is 0.0463. The number of thiophene rings is 1. The summed E-state index contributed by atoms with van der Waals surface area (Å²) < 4.78 is 0. The lowest BCUT2D eigenvalue weighted by atomic mass is 10.2. The monoisotopic (exact) mass is 350 g/mol. The number of nitrogens with one attached hydrogen (secondary N) is 2. The molecule has 1 amide bonds. The third-order valence-electron chi connectivity index (χ3n) is 3.38. The summed E-state index contributed by atoms with van der Waals surface area (Å²) in [7, 11) is 0. The van der Waals surface area contributed by atoms with Crippen LogP contribution in [-0.2, 0) is 4.79 Å². The predicted octanol–water partition coefficient (Wildman–Crippen LogP) is 4.62. The Bertz CT molecular complexity index is 754. The van der Waals surface area contributed by atoms with Gasteiger partial charge >= 0.3 is 0 Å². The Morgan fingerprint density at radius 3 is 2.82 bits per heavy atom. The van der Waals surface area contributed by atoms with Gasteiger partial charge in [0.15, 0.2) is 5.50 Å². The topological polar surface area (TPSA) is 41.1 Å². The number of thioether (sulfide) groups is 1. The Morgan fingerprint density at radius 1 is 1.27 bits per heavy atom. The zero-order valence-electron chi connectivity index (χ0n) is 12.1. The number of rotatable bonds is 3. The van der Waals surface area contributed by atoms with Gasteiger partial charge in [-0.1, -0.05) is 29.4 Å². The molecule has 2 aromatic rings. The lowest BCUT2D eigenvalue weighted by Crippen LogP contribution is -2.31. The molecule has 2 N–H and O–H groups in total. The summed E-state index contributed by atoms with van der Waals surface area (Å²) >= 11 is 9.16. The number of carbonyl (C=O) groups excluding carboxylic acids is 1. The highest BCUT2D eigenvalue weighted by Crippen LogP contribution is 2.33. The van der Waals surface area contributed by atoms with Crippen molar-refractivity contribution in [3.05, 3.63) is 55.6 Å². The molecule has 1 saturated heterocycles. The number of aryl methyl sites for hydroxylation is 2. The van der Waals surface area contributed by atoms with Gasteiger partial charge in [-0.3, -0.25) is 4.79 Å². The molecule has 0 spiro atoms. The minimum atomic E-state index is -0.184. The van der Waals surface area contributed by atoms with E-state index in [-0.39, 0.29) is 11.4 Å². The Kier molecular flexibility index (Phi) is 4.47. The SMILES string of the molecule is Cc1ccc(Cl)cc1NC1NC(=O)/C(=C/c2sccc2C)S1. The normalized spacial score (nSPS) is 19.5. The first-order chi connectivity index (χ1) is 10.5. The van der Waals surface area contributed by atoms with Crippen molar-refractivity contribution >= 4 is 52.4 Å². The number of hydrogen-bond donors (Lipinski definition) is 2. The molecule has 1 aromatic heterocycles. The fourth-order valence-corrected chi connectivity index (χ4v) is 4.17. The van der Waals surface area contributed by atoms with Crippen LogP contribution in [0, 0.1) is 13.8 Å². The van der Waals surface area contributed by atoms with E-state index in [0.29, 0.717) is 5.02 Å². The highest BCUT2D eigenvalue weighted by molar-refractivity contribution is 8.05. The third kappa shape index (κ3) is 3.32. The van der Waals surface area contributed by atoms with Gasteiger partial charge < -0.3 is 10.6 Å². The van der Waals surface area contributed by atoms with E-state index in [9.17, 15) is 4.79 Å². The van der Waals surface area contributed by atoms with Crippen molar-refractivity contribution in [3.8, 4) is 0 Å². The molecule has 0 aliphatic carbocycles. The lowest BCUT2D eigenvalue weighted by molar-refractivity contribution is -0.116. The molecular weight excluding hydrogens is 336 g/mol. The van der Waals surface area contributed by atoms with Crippen molar-refractivity contribution < 1.29 is 4.79 Å². The lowest BCUT2D eigenvalue weighted by Gasteiger charge is -2.15. The Hall–Kier alpha value is -1.43. The van der Waals surface area contributed by atoms with E-state index in [1.807, 2.05) is 43.5 Å². The van der Waals surface area contributed by atoms with Crippen molar-refractivity contribution in [1.29, 1.82) is 0 Å². The van der Waals surface area contributed by atoms with Gasteiger partial charge in [-0.05, 0) is 54.6 Å². The van der Waals surface area contributed by atoms with Gasteiger partial charge in [0.1, 0.15) is 0 Å². The standard InChI is InChI=1S/C16H15ClN2OS2/c1-9-3-4-11(17)7-12(9)18-16-19-15(20)14(22-16)8-13-10(2)5-6-21-13/h3-8,16,18H,1-2H3,(H,19,20)/b14-8-. The van der Waals surface area contributed by atoms with Crippen LogP contribution in [-0.4, -0.2) is 11.4 Å². The van der Waals surface area contributed by atoms with E-state index >= 15 is 0 Å². The van der Waals surface area contributed by atoms with Crippen molar-refractivity contribution in [2.24, 2.45) is 0 Å². The van der Waals surface area contributed by atoms with Crippen molar-refractivity contribution in [2.75, 3.05) is 5.32 Å². The van der Waals surface area contributed by atoms with Crippen LogP contribution in [0.2, 0.25) is 5.02 Å². The fourth-order valence-electron chi connectivity index (χ4n) is 2.11. The smallest absolute Gasteiger partial charge is 0.260 e. The summed E-state index contributed by atoms with van der Waals surface area (Å²) in [6.45, 7) is 4.05. The number of hydrogen-bond acceptors (Lipinski definition) is 4. The van der Waals surface area contributed by atoms with E-state index < -0.39 is 0 Å². The maximum Gasteiger partial charge on any atom is 0.260 e. The van der Waals surface area contributed by atoms with Crippen LogP contribution in [0.4, 0.5) is 5.69 Å². The molecule has 0 saturated carbocycles. The highest BCUT2D eigenvalue weighted by Gasteiger charge is 2.27. The molecule has 6 heteroatoms. The Morgan fingerprint density at radius 2 is 2.09 bits per heavy atom. The van der Waals surface area contributed by atoms with Gasteiger partial charge in [0.05, 0.1) is 4.91 Å². The van der Waals surface area contributed by atoms with Gasteiger partial charge in [0.2, 0.25) is 0 Å². The first-order valence-corrected chi connectivity index (χ1v) is 8.92. The molecule has 1 fully saturated rings. The number of benzene rings is 1. The van der Waals surface area contributed by atoms with E-state index in [4.69, 9.17) is 11.6 Å². The van der Waals surface area contributed by atoms with E-state index in [1.165, 1.54) is 17.3 Å². The number of carbonyl (C=O) groups is 1. The van der Waals surface area contributed by atoms with Gasteiger partial charge in [0.25, 0.3) is 5.91 Å². The van der Waals surface area contributed by atoms with Crippen molar-refractivity contribution in [3.63, 3.8) is 0 Å². The quantitative estimate of drug-likeness (QED) is 0.794. The summed E-state index contributed by atoms with van der Waals surface area (Å²) in [6, 6.07) is 7.74. The molecule has 2 heterocycles. The summed E-state index contributed by atoms with van der Waals surface area (Å²) in [5.74, 6) is -0.0463. The summed E-state index contributed by atoms with van der Waals surface area (Å²) in [6.07, 6.45) is 1.95. The Balaban J connectivity index is 1.76. The molecule has 0 bridgehead atoms. The molecule has 3 rings (SSSR count). The van der Waals surface area contributed by atoms with Crippen LogP contribution in [0.3, 0.4) is 0 Å². The van der Waals surface area contributed by atoms with Crippen molar-refractivity contribution in [2.45, 2.75) is 19.3 Å². The summed E-state index contributed by atoms with van der Waals surface area (Å²) in [5.41, 5.74) is 3.02. The van der Waals surface area contributed by atoms with E-state index in [0.717, 1.165) is 21.0 Å². The summed E-state index contributed by atoms with van der Waals surface area (Å²) in [5, 5.41) is 8.96. The highest BCUT2D eigenvalue weighted by atomic mass is 35.5. The van der Waals surface area contributed by atoms with Crippen molar-refractivity contribution in [1.82, 2.24) is 5.32 Å². The maximum absolute atomic E-state index is 12.1. The van der Waals surface area contributed by atoms with Gasteiger partial charge in [-0.2, -0.15) is 0 Å².